The molecule has 94 valence electrons. The maximum absolute atomic E-state index is 3.50. The van der Waals surface area contributed by atoms with Crippen molar-refractivity contribution in [1.29, 1.82) is 0 Å². The summed E-state index contributed by atoms with van der Waals surface area (Å²) in [5.74, 6) is 0. The quantitative estimate of drug-likeness (QED) is 0.843. The topological polar surface area (TPSA) is 15.3 Å². The lowest BCUT2D eigenvalue weighted by molar-refractivity contribution is 0.158. The Hall–Kier alpha value is -0.860. The fraction of sp³-hybridized carbons (Fsp3) is 0.600. The van der Waals surface area contributed by atoms with Crippen LogP contribution in [0.4, 0.5) is 0 Å². The highest BCUT2D eigenvalue weighted by molar-refractivity contribution is 5.30. The van der Waals surface area contributed by atoms with Gasteiger partial charge in [-0.1, -0.05) is 29.3 Å². The van der Waals surface area contributed by atoms with Crippen LogP contribution in [0.3, 0.4) is 0 Å². The Kier molecular flexibility index (Phi) is 3.85. The number of aryl methyl sites for hydroxylation is 2. The number of nitrogens with one attached hydrogen (secondary N) is 1. The Morgan fingerprint density at radius 2 is 1.88 bits per heavy atom. The van der Waals surface area contributed by atoms with Gasteiger partial charge in [0, 0.05) is 31.7 Å². The van der Waals surface area contributed by atoms with Crippen molar-refractivity contribution in [3.05, 3.63) is 34.9 Å². The predicted octanol–water partition coefficient (Wildman–Crippen LogP) is 2.66. The minimum Gasteiger partial charge on any atom is -0.312 e. The summed E-state index contributed by atoms with van der Waals surface area (Å²) in [4.78, 5) is 2.58. The molecule has 2 heteroatoms. The summed E-state index contributed by atoms with van der Waals surface area (Å²) >= 11 is 0. The van der Waals surface area contributed by atoms with Crippen LogP contribution in [0.1, 0.15) is 36.6 Å². The zero-order chi connectivity index (χ0) is 12.4. The lowest BCUT2D eigenvalue weighted by atomic mass is 10.0. The van der Waals surface area contributed by atoms with E-state index in [2.05, 4.69) is 56.1 Å². The van der Waals surface area contributed by atoms with Crippen molar-refractivity contribution in [1.82, 2.24) is 10.2 Å². The van der Waals surface area contributed by atoms with Crippen molar-refractivity contribution >= 4 is 0 Å². The molecule has 0 bridgehead atoms. The molecule has 1 aliphatic heterocycles. The van der Waals surface area contributed by atoms with Crippen molar-refractivity contribution in [3.63, 3.8) is 0 Å². The molecule has 0 aliphatic carbocycles. The van der Waals surface area contributed by atoms with Crippen molar-refractivity contribution in [2.45, 2.75) is 39.8 Å². The van der Waals surface area contributed by atoms with Gasteiger partial charge < -0.3 is 5.32 Å². The molecule has 1 N–H and O–H groups in total. The van der Waals surface area contributed by atoms with Crippen LogP contribution in [0.2, 0.25) is 0 Å². The van der Waals surface area contributed by atoms with Gasteiger partial charge in [0.1, 0.15) is 0 Å². The van der Waals surface area contributed by atoms with Crippen LogP contribution in [0.25, 0.3) is 0 Å². The molecule has 1 heterocycles. The molecule has 0 radical (unpaired) electrons. The molecule has 0 aromatic heterocycles. The number of piperazine rings is 1. The van der Waals surface area contributed by atoms with E-state index in [9.17, 15) is 0 Å². The second-order valence-corrected chi connectivity index (χ2v) is 5.45. The summed E-state index contributed by atoms with van der Waals surface area (Å²) in [6.07, 6.45) is 0. The zero-order valence-corrected chi connectivity index (χ0v) is 11.5. The normalized spacial score (nSPS) is 23.6. The van der Waals surface area contributed by atoms with Gasteiger partial charge in [0.2, 0.25) is 0 Å². The third-order valence-corrected chi connectivity index (χ3v) is 3.67. The van der Waals surface area contributed by atoms with Crippen LogP contribution < -0.4 is 5.32 Å². The van der Waals surface area contributed by atoms with Gasteiger partial charge in [-0.3, -0.25) is 4.90 Å². The molecule has 0 amide bonds. The minimum atomic E-state index is 0.526. The van der Waals surface area contributed by atoms with Crippen LogP contribution >= 0.6 is 0 Å². The minimum absolute atomic E-state index is 0.526. The van der Waals surface area contributed by atoms with Gasteiger partial charge in [0.25, 0.3) is 0 Å². The highest BCUT2D eigenvalue weighted by atomic mass is 15.2. The van der Waals surface area contributed by atoms with E-state index in [1.807, 2.05) is 0 Å². The van der Waals surface area contributed by atoms with E-state index >= 15 is 0 Å². The Bertz CT molecular complexity index is 366. The van der Waals surface area contributed by atoms with Crippen LogP contribution in [-0.4, -0.2) is 30.6 Å². The zero-order valence-electron chi connectivity index (χ0n) is 11.5. The average Bonchev–Trinajstić information content (AvgIpc) is 2.26. The molecular formula is C15H24N2. The molecule has 2 rings (SSSR count). The van der Waals surface area contributed by atoms with Gasteiger partial charge in [-0.15, -0.1) is 0 Å². The van der Waals surface area contributed by atoms with Gasteiger partial charge in [0.05, 0.1) is 0 Å². The molecular weight excluding hydrogens is 208 g/mol. The number of rotatable bonds is 2. The molecule has 0 saturated carbocycles. The standard InChI is InChI=1S/C15H24N2/c1-11-7-12(2)9-15(8-11)14(4)17-6-5-16-13(3)10-17/h7-9,13-14,16H,5-6,10H2,1-4H3. The molecule has 0 spiro atoms. The molecule has 2 unspecified atom stereocenters. The van der Waals surface area contributed by atoms with Crippen LogP contribution in [0, 0.1) is 13.8 Å². The SMILES string of the molecule is Cc1cc(C)cc(C(C)N2CCNC(C)C2)c1. The van der Waals surface area contributed by atoms with Gasteiger partial charge in [-0.2, -0.15) is 0 Å². The highest BCUT2D eigenvalue weighted by Crippen LogP contribution is 2.23. The third kappa shape index (κ3) is 3.08. The first-order valence-electron chi connectivity index (χ1n) is 6.62. The summed E-state index contributed by atoms with van der Waals surface area (Å²) in [6, 6.07) is 8.03. The summed E-state index contributed by atoms with van der Waals surface area (Å²) in [5, 5.41) is 3.50. The largest absolute Gasteiger partial charge is 0.312 e. The summed E-state index contributed by atoms with van der Waals surface area (Å²) in [6.45, 7) is 12.4. The Morgan fingerprint density at radius 1 is 1.24 bits per heavy atom. The van der Waals surface area contributed by atoms with E-state index in [0.29, 0.717) is 12.1 Å². The van der Waals surface area contributed by atoms with E-state index in [4.69, 9.17) is 0 Å². The maximum Gasteiger partial charge on any atom is 0.0321 e. The van der Waals surface area contributed by atoms with Crippen LogP contribution in [-0.2, 0) is 0 Å². The van der Waals surface area contributed by atoms with Gasteiger partial charge >= 0.3 is 0 Å². The second kappa shape index (κ2) is 5.19. The fourth-order valence-corrected chi connectivity index (χ4v) is 2.78. The van der Waals surface area contributed by atoms with E-state index in [1.165, 1.54) is 16.7 Å². The average molecular weight is 232 g/mol. The van der Waals surface area contributed by atoms with E-state index in [-0.39, 0.29) is 0 Å². The monoisotopic (exact) mass is 232 g/mol. The lowest BCUT2D eigenvalue weighted by Crippen LogP contribution is -2.49. The lowest BCUT2D eigenvalue weighted by Gasteiger charge is -2.36. The maximum atomic E-state index is 3.50. The smallest absolute Gasteiger partial charge is 0.0321 e. The fourth-order valence-electron chi connectivity index (χ4n) is 2.78. The van der Waals surface area contributed by atoms with Gasteiger partial charge in [0.15, 0.2) is 0 Å². The molecule has 2 nitrogen and oxygen atoms in total. The second-order valence-electron chi connectivity index (χ2n) is 5.45. The Balaban J connectivity index is 2.15. The molecule has 1 fully saturated rings. The highest BCUT2D eigenvalue weighted by Gasteiger charge is 2.21. The van der Waals surface area contributed by atoms with E-state index < -0.39 is 0 Å². The summed E-state index contributed by atoms with van der Waals surface area (Å²) < 4.78 is 0. The molecule has 17 heavy (non-hydrogen) atoms. The summed E-state index contributed by atoms with van der Waals surface area (Å²) in [5.41, 5.74) is 4.20. The van der Waals surface area contributed by atoms with Crippen LogP contribution in [0.5, 0.6) is 0 Å². The Morgan fingerprint density at radius 3 is 2.47 bits per heavy atom. The van der Waals surface area contributed by atoms with Crippen molar-refractivity contribution in [3.8, 4) is 0 Å². The first-order chi connectivity index (χ1) is 8.06. The molecule has 1 aromatic carbocycles. The summed E-state index contributed by atoms with van der Waals surface area (Å²) in [7, 11) is 0. The predicted molar refractivity (Wildman–Crippen MR) is 73.4 cm³/mol. The van der Waals surface area contributed by atoms with Crippen LogP contribution in [0.15, 0.2) is 18.2 Å². The molecule has 2 atom stereocenters. The van der Waals surface area contributed by atoms with Crippen molar-refractivity contribution in [2.75, 3.05) is 19.6 Å². The van der Waals surface area contributed by atoms with Gasteiger partial charge in [-0.25, -0.2) is 0 Å². The number of benzene rings is 1. The van der Waals surface area contributed by atoms with Crippen molar-refractivity contribution in [2.24, 2.45) is 0 Å². The molecule has 1 aromatic rings. The first-order valence-corrected chi connectivity index (χ1v) is 6.62. The van der Waals surface area contributed by atoms with Crippen molar-refractivity contribution < 1.29 is 0 Å². The van der Waals surface area contributed by atoms with Gasteiger partial charge in [-0.05, 0) is 33.3 Å². The first kappa shape index (κ1) is 12.6. The number of nitrogens with zero attached hydrogens (tertiary/aromatic N) is 1. The van der Waals surface area contributed by atoms with E-state index in [1.54, 1.807) is 0 Å². The van der Waals surface area contributed by atoms with E-state index in [0.717, 1.165) is 19.6 Å². The third-order valence-electron chi connectivity index (χ3n) is 3.67. The Labute approximate surface area is 105 Å². The number of hydrogen-bond donors (Lipinski definition) is 1. The number of hydrogen-bond acceptors (Lipinski definition) is 2. The molecule has 1 aliphatic rings. The molecule has 1 saturated heterocycles.